The molecule has 20 heavy (non-hydrogen) atoms. The normalized spacial score (nSPS) is 10.0. The van der Waals surface area contributed by atoms with Crippen LogP contribution in [-0.4, -0.2) is 32.1 Å². The zero-order valence-electron chi connectivity index (χ0n) is 11.2. The number of methoxy groups -OCH3 is 1. The Labute approximate surface area is 136 Å². The Morgan fingerprint density at radius 2 is 2.10 bits per heavy atom. The Bertz CT molecular complexity index is 507. The van der Waals surface area contributed by atoms with Crippen LogP contribution in [0.4, 0.5) is 0 Å². The van der Waals surface area contributed by atoms with Gasteiger partial charge in [0.2, 0.25) is 0 Å². The molecule has 110 valence electrons. The van der Waals surface area contributed by atoms with Gasteiger partial charge in [-0.2, -0.15) is 0 Å². The first-order valence-electron chi connectivity index (χ1n) is 5.96. The maximum absolute atomic E-state index is 12.0. The van der Waals surface area contributed by atoms with Crippen molar-refractivity contribution in [3.05, 3.63) is 26.3 Å². The summed E-state index contributed by atoms with van der Waals surface area (Å²) in [5.41, 5.74) is 0.335. The molecule has 0 radical (unpaired) electrons. The van der Waals surface area contributed by atoms with Crippen LogP contribution < -0.4 is 10.1 Å². The zero-order chi connectivity index (χ0) is 15.1. The van der Waals surface area contributed by atoms with Crippen LogP contribution >= 0.6 is 34.2 Å². The van der Waals surface area contributed by atoms with Crippen LogP contribution in [0.3, 0.4) is 0 Å². The summed E-state index contributed by atoms with van der Waals surface area (Å²) in [6.45, 7) is 2.26. The van der Waals surface area contributed by atoms with Crippen molar-refractivity contribution >= 4 is 46.1 Å². The van der Waals surface area contributed by atoms with Crippen LogP contribution in [0.25, 0.3) is 0 Å². The van der Waals surface area contributed by atoms with Gasteiger partial charge in [0, 0.05) is 10.1 Å². The van der Waals surface area contributed by atoms with Gasteiger partial charge in [0.15, 0.2) is 0 Å². The number of rotatable bonds is 6. The van der Waals surface area contributed by atoms with E-state index in [-0.39, 0.29) is 24.8 Å². The Balaban J connectivity index is 2.68. The predicted molar refractivity (Wildman–Crippen MR) is 84.3 cm³/mol. The van der Waals surface area contributed by atoms with Gasteiger partial charge >= 0.3 is 5.97 Å². The molecule has 0 bridgehead atoms. The Morgan fingerprint density at radius 3 is 2.70 bits per heavy atom. The second-order valence-electron chi connectivity index (χ2n) is 3.78. The first-order chi connectivity index (χ1) is 9.49. The Kier molecular flexibility index (Phi) is 7.08. The molecule has 0 heterocycles. The standard InChI is InChI=1S/C13H15ClINO4/c1-3-20-12(17)4-5-16-13(18)8-6-9(14)10(15)7-11(8)19-2/h6-7H,3-5H2,1-2H3,(H,16,18). The summed E-state index contributed by atoms with van der Waals surface area (Å²) in [4.78, 5) is 23.2. The van der Waals surface area contributed by atoms with E-state index in [9.17, 15) is 9.59 Å². The van der Waals surface area contributed by atoms with Crippen molar-refractivity contribution in [2.45, 2.75) is 13.3 Å². The molecule has 0 aromatic heterocycles. The Morgan fingerprint density at radius 1 is 1.40 bits per heavy atom. The van der Waals surface area contributed by atoms with E-state index in [1.807, 2.05) is 0 Å². The fourth-order valence-corrected chi connectivity index (χ4v) is 2.08. The lowest BCUT2D eigenvalue weighted by Gasteiger charge is -2.10. The number of hydrogen-bond donors (Lipinski definition) is 1. The molecule has 5 nitrogen and oxygen atoms in total. The molecule has 1 aromatic carbocycles. The highest BCUT2D eigenvalue weighted by molar-refractivity contribution is 14.1. The van der Waals surface area contributed by atoms with E-state index in [4.69, 9.17) is 21.1 Å². The first kappa shape index (κ1) is 17.0. The van der Waals surface area contributed by atoms with Crippen molar-refractivity contribution in [1.82, 2.24) is 5.32 Å². The summed E-state index contributed by atoms with van der Waals surface area (Å²) in [6, 6.07) is 3.23. The van der Waals surface area contributed by atoms with Crippen LogP contribution in [0.5, 0.6) is 5.75 Å². The van der Waals surface area contributed by atoms with Crippen molar-refractivity contribution in [1.29, 1.82) is 0 Å². The SMILES string of the molecule is CCOC(=O)CCNC(=O)c1cc(Cl)c(I)cc1OC. The van der Waals surface area contributed by atoms with Crippen molar-refractivity contribution in [2.24, 2.45) is 0 Å². The second-order valence-corrected chi connectivity index (χ2v) is 5.35. The quantitative estimate of drug-likeness (QED) is 0.577. The van der Waals surface area contributed by atoms with Crippen LogP contribution in [0.15, 0.2) is 12.1 Å². The molecule has 0 fully saturated rings. The van der Waals surface area contributed by atoms with Crippen molar-refractivity contribution in [3.8, 4) is 5.75 Å². The summed E-state index contributed by atoms with van der Waals surface area (Å²) in [6.07, 6.45) is 0.125. The molecule has 0 spiro atoms. The fraction of sp³-hybridized carbons (Fsp3) is 0.385. The molecule has 1 amide bonds. The number of benzene rings is 1. The van der Waals surface area contributed by atoms with Crippen molar-refractivity contribution in [3.63, 3.8) is 0 Å². The van der Waals surface area contributed by atoms with Gasteiger partial charge in [-0.3, -0.25) is 9.59 Å². The van der Waals surface area contributed by atoms with E-state index >= 15 is 0 Å². The van der Waals surface area contributed by atoms with E-state index in [1.165, 1.54) is 7.11 Å². The highest BCUT2D eigenvalue weighted by Crippen LogP contribution is 2.28. The third-order valence-electron chi connectivity index (χ3n) is 2.41. The van der Waals surface area contributed by atoms with Crippen molar-refractivity contribution < 1.29 is 19.1 Å². The maximum atomic E-state index is 12.0. The van der Waals surface area contributed by atoms with Gasteiger partial charge < -0.3 is 14.8 Å². The number of halogens is 2. The average molecular weight is 412 g/mol. The third-order valence-corrected chi connectivity index (χ3v) is 3.93. The minimum absolute atomic E-state index is 0.125. The van der Waals surface area contributed by atoms with Gasteiger partial charge in [-0.25, -0.2) is 0 Å². The molecule has 0 aliphatic rings. The number of carbonyl (C=O) groups excluding carboxylic acids is 2. The molecule has 0 unspecified atom stereocenters. The molecule has 0 aliphatic carbocycles. The first-order valence-corrected chi connectivity index (χ1v) is 7.42. The van der Waals surface area contributed by atoms with Gasteiger partial charge in [-0.15, -0.1) is 0 Å². The summed E-state index contributed by atoms with van der Waals surface area (Å²) in [7, 11) is 1.48. The molecule has 0 aliphatic heterocycles. The molecule has 0 saturated heterocycles. The highest BCUT2D eigenvalue weighted by atomic mass is 127. The lowest BCUT2D eigenvalue weighted by Crippen LogP contribution is -2.27. The monoisotopic (exact) mass is 411 g/mol. The van der Waals surface area contributed by atoms with E-state index in [0.29, 0.717) is 22.9 Å². The van der Waals surface area contributed by atoms with E-state index < -0.39 is 0 Å². The average Bonchev–Trinajstić information content (AvgIpc) is 2.41. The van der Waals surface area contributed by atoms with Gasteiger partial charge in [0.1, 0.15) is 5.75 Å². The summed E-state index contributed by atoms with van der Waals surface area (Å²) in [5.74, 6) is -0.253. The fourth-order valence-electron chi connectivity index (χ4n) is 1.48. The van der Waals surface area contributed by atoms with Crippen molar-refractivity contribution in [2.75, 3.05) is 20.3 Å². The topological polar surface area (TPSA) is 64.6 Å². The summed E-state index contributed by atoms with van der Waals surface area (Å²) < 4.78 is 10.7. The van der Waals surface area contributed by atoms with Gasteiger partial charge in [-0.05, 0) is 41.6 Å². The van der Waals surface area contributed by atoms with Crippen LogP contribution in [0.1, 0.15) is 23.7 Å². The zero-order valence-corrected chi connectivity index (χ0v) is 14.1. The maximum Gasteiger partial charge on any atom is 0.307 e. The minimum Gasteiger partial charge on any atom is -0.496 e. The lowest BCUT2D eigenvalue weighted by atomic mass is 10.2. The molecule has 7 heteroatoms. The molecule has 1 aromatic rings. The number of esters is 1. The number of ether oxygens (including phenoxy) is 2. The molecule has 1 rings (SSSR count). The van der Waals surface area contributed by atoms with E-state index in [1.54, 1.807) is 19.1 Å². The van der Waals surface area contributed by atoms with Gasteiger partial charge in [0.25, 0.3) is 5.91 Å². The number of carbonyl (C=O) groups is 2. The smallest absolute Gasteiger partial charge is 0.307 e. The molecule has 0 saturated carbocycles. The molecular weight excluding hydrogens is 397 g/mol. The minimum atomic E-state index is -0.347. The third kappa shape index (κ3) is 4.82. The van der Waals surface area contributed by atoms with Crippen LogP contribution in [0, 0.1) is 3.57 Å². The van der Waals surface area contributed by atoms with E-state index in [0.717, 1.165) is 3.57 Å². The second kappa shape index (κ2) is 8.31. The number of hydrogen-bond acceptors (Lipinski definition) is 4. The molecule has 0 atom stereocenters. The Hall–Kier alpha value is -1.02. The number of nitrogens with one attached hydrogen (secondary N) is 1. The number of amides is 1. The van der Waals surface area contributed by atoms with Crippen LogP contribution in [-0.2, 0) is 9.53 Å². The predicted octanol–water partition coefficient (Wildman–Crippen LogP) is 2.64. The summed E-state index contributed by atoms with van der Waals surface area (Å²) in [5, 5.41) is 3.10. The highest BCUT2D eigenvalue weighted by Gasteiger charge is 2.15. The van der Waals surface area contributed by atoms with Gasteiger partial charge in [-0.1, -0.05) is 11.6 Å². The van der Waals surface area contributed by atoms with E-state index in [2.05, 4.69) is 27.9 Å². The largest absolute Gasteiger partial charge is 0.496 e. The lowest BCUT2D eigenvalue weighted by molar-refractivity contribution is -0.142. The summed E-state index contributed by atoms with van der Waals surface area (Å²) >= 11 is 8.05. The molecule has 1 N–H and O–H groups in total. The van der Waals surface area contributed by atoms with Gasteiger partial charge in [0.05, 0.1) is 30.7 Å². The molecular formula is C13H15ClINO4. The van der Waals surface area contributed by atoms with Crippen LogP contribution in [0.2, 0.25) is 5.02 Å².